The lowest BCUT2D eigenvalue weighted by atomic mass is 10.2. The first-order valence-electron chi connectivity index (χ1n) is 5.61. The molecule has 0 atom stereocenters. The van der Waals surface area contributed by atoms with Gasteiger partial charge in [0.05, 0.1) is 0 Å². The molecular weight excluding hydrogens is 250 g/mol. The number of benzene rings is 1. The zero-order valence-corrected chi connectivity index (χ0v) is 9.98. The quantitative estimate of drug-likeness (QED) is 0.629. The van der Waals surface area contributed by atoms with Crippen LogP contribution in [0.3, 0.4) is 0 Å². The molecule has 1 N–H and O–H groups in total. The molecular formula is C12H15F4NO. The first-order chi connectivity index (χ1) is 8.42. The van der Waals surface area contributed by atoms with Gasteiger partial charge in [-0.05, 0) is 30.7 Å². The van der Waals surface area contributed by atoms with Crippen molar-refractivity contribution in [3.05, 3.63) is 29.6 Å². The van der Waals surface area contributed by atoms with Crippen LogP contribution in [0, 0.1) is 5.82 Å². The summed E-state index contributed by atoms with van der Waals surface area (Å²) in [5, 5.41) is 3.07. The summed E-state index contributed by atoms with van der Waals surface area (Å²) in [7, 11) is 0. The summed E-state index contributed by atoms with van der Waals surface area (Å²) < 4.78 is 53.5. The van der Waals surface area contributed by atoms with Crippen LogP contribution < -0.4 is 10.1 Å². The second-order valence-corrected chi connectivity index (χ2v) is 3.85. The number of hydrogen-bond donors (Lipinski definition) is 1. The van der Waals surface area contributed by atoms with Gasteiger partial charge >= 0.3 is 6.18 Å². The molecule has 0 amide bonds. The predicted octanol–water partition coefficient (Wildman–Crippen LogP) is 3.27. The topological polar surface area (TPSA) is 21.3 Å². The molecule has 0 aliphatic heterocycles. The molecule has 1 aromatic rings. The van der Waals surface area contributed by atoms with Gasteiger partial charge in [-0.2, -0.15) is 13.2 Å². The normalized spacial score (nSPS) is 11.6. The van der Waals surface area contributed by atoms with E-state index in [1.807, 2.05) is 6.92 Å². The van der Waals surface area contributed by atoms with Gasteiger partial charge in [-0.15, -0.1) is 0 Å². The van der Waals surface area contributed by atoms with E-state index >= 15 is 0 Å². The summed E-state index contributed by atoms with van der Waals surface area (Å²) in [6.45, 7) is 1.79. The maximum atomic E-state index is 13.4. The van der Waals surface area contributed by atoms with Crippen LogP contribution in [0.2, 0.25) is 0 Å². The summed E-state index contributed by atoms with van der Waals surface area (Å²) in [4.78, 5) is 0. The molecule has 0 saturated heterocycles. The molecule has 0 fully saturated rings. The number of halogens is 4. The molecule has 0 aromatic heterocycles. The molecule has 0 unspecified atom stereocenters. The highest BCUT2D eigenvalue weighted by atomic mass is 19.4. The van der Waals surface area contributed by atoms with Gasteiger partial charge in [-0.25, -0.2) is 4.39 Å². The smallest absolute Gasteiger partial charge is 0.422 e. The van der Waals surface area contributed by atoms with Crippen molar-refractivity contribution in [3.8, 4) is 5.75 Å². The summed E-state index contributed by atoms with van der Waals surface area (Å²) in [5.41, 5.74) is 0.667. The van der Waals surface area contributed by atoms with E-state index in [9.17, 15) is 17.6 Å². The van der Waals surface area contributed by atoms with Crippen LogP contribution in [0.1, 0.15) is 18.9 Å². The van der Waals surface area contributed by atoms with Crippen molar-refractivity contribution in [1.82, 2.24) is 5.32 Å². The predicted molar refractivity (Wildman–Crippen MR) is 59.9 cm³/mol. The Labute approximate surface area is 103 Å². The molecule has 18 heavy (non-hydrogen) atoms. The molecule has 6 heteroatoms. The second-order valence-electron chi connectivity index (χ2n) is 3.85. The monoisotopic (exact) mass is 265 g/mol. The lowest BCUT2D eigenvalue weighted by Gasteiger charge is -2.11. The largest absolute Gasteiger partial charge is 0.481 e. The van der Waals surface area contributed by atoms with Gasteiger partial charge < -0.3 is 10.1 Å². The maximum Gasteiger partial charge on any atom is 0.422 e. The van der Waals surface area contributed by atoms with Crippen LogP contribution in [0.15, 0.2) is 18.2 Å². The average molecular weight is 265 g/mol. The Morgan fingerprint density at radius 3 is 2.56 bits per heavy atom. The molecule has 0 bridgehead atoms. The summed E-state index contributed by atoms with van der Waals surface area (Å²) in [6.07, 6.45) is -3.51. The van der Waals surface area contributed by atoms with Crippen molar-refractivity contribution in [3.63, 3.8) is 0 Å². The molecule has 0 aliphatic rings. The Kier molecular flexibility index (Phi) is 5.40. The number of ether oxygens (including phenoxy) is 1. The minimum atomic E-state index is -4.46. The first kappa shape index (κ1) is 14.8. The van der Waals surface area contributed by atoms with Crippen molar-refractivity contribution in [2.75, 3.05) is 13.2 Å². The minimum Gasteiger partial charge on any atom is -0.481 e. The maximum absolute atomic E-state index is 13.4. The fourth-order valence-electron chi connectivity index (χ4n) is 1.34. The number of alkyl halides is 3. The highest BCUT2D eigenvalue weighted by Crippen LogP contribution is 2.22. The van der Waals surface area contributed by atoms with Crippen LogP contribution in [0.25, 0.3) is 0 Å². The van der Waals surface area contributed by atoms with E-state index in [1.165, 1.54) is 18.2 Å². The highest BCUT2D eigenvalue weighted by Gasteiger charge is 2.28. The van der Waals surface area contributed by atoms with Gasteiger partial charge in [0.25, 0.3) is 0 Å². The highest BCUT2D eigenvalue weighted by molar-refractivity contribution is 5.29. The standard InChI is InChI=1S/C12H15F4NO/c1-2-5-17-7-9-3-4-11(10(13)6-9)18-8-12(14,15)16/h3-4,6,17H,2,5,7-8H2,1H3. The Balaban J connectivity index is 2.56. The van der Waals surface area contributed by atoms with Gasteiger partial charge in [0, 0.05) is 6.54 Å². The second kappa shape index (κ2) is 6.58. The van der Waals surface area contributed by atoms with Gasteiger partial charge in [0.15, 0.2) is 18.2 Å². The zero-order valence-electron chi connectivity index (χ0n) is 9.98. The summed E-state index contributed by atoms with van der Waals surface area (Å²) in [6, 6.07) is 3.93. The van der Waals surface area contributed by atoms with Gasteiger partial charge in [0.1, 0.15) is 0 Å². The van der Waals surface area contributed by atoms with E-state index < -0.39 is 18.6 Å². The first-order valence-corrected chi connectivity index (χ1v) is 5.61. The van der Waals surface area contributed by atoms with Crippen molar-refractivity contribution in [1.29, 1.82) is 0 Å². The van der Waals surface area contributed by atoms with E-state index in [2.05, 4.69) is 10.1 Å². The Hall–Kier alpha value is -1.30. The summed E-state index contributed by atoms with van der Waals surface area (Å²) >= 11 is 0. The van der Waals surface area contributed by atoms with E-state index in [0.29, 0.717) is 12.1 Å². The molecule has 0 spiro atoms. The Bertz CT molecular complexity index is 379. The van der Waals surface area contributed by atoms with E-state index in [1.54, 1.807) is 0 Å². The summed E-state index contributed by atoms with van der Waals surface area (Å²) in [5.74, 6) is -1.17. The molecule has 102 valence electrons. The van der Waals surface area contributed by atoms with Crippen LogP contribution in [0.4, 0.5) is 17.6 Å². The van der Waals surface area contributed by atoms with E-state index in [0.717, 1.165) is 13.0 Å². The average Bonchev–Trinajstić information content (AvgIpc) is 2.27. The van der Waals surface area contributed by atoms with Gasteiger partial charge in [-0.1, -0.05) is 13.0 Å². The van der Waals surface area contributed by atoms with Crippen molar-refractivity contribution < 1.29 is 22.3 Å². The van der Waals surface area contributed by atoms with Crippen LogP contribution in [-0.2, 0) is 6.54 Å². The SMILES string of the molecule is CCCNCc1ccc(OCC(F)(F)F)c(F)c1. The van der Waals surface area contributed by atoms with Gasteiger partial charge in [0.2, 0.25) is 0 Å². The number of nitrogens with one attached hydrogen (secondary N) is 1. The third kappa shape index (κ3) is 5.35. The molecule has 2 nitrogen and oxygen atoms in total. The van der Waals surface area contributed by atoms with Crippen LogP contribution >= 0.6 is 0 Å². The third-order valence-electron chi connectivity index (χ3n) is 2.14. The Morgan fingerprint density at radius 2 is 2.00 bits per heavy atom. The van der Waals surface area contributed by atoms with E-state index in [4.69, 9.17) is 0 Å². The molecule has 0 radical (unpaired) electrons. The van der Waals surface area contributed by atoms with E-state index in [-0.39, 0.29) is 5.75 Å². The van der Waals surface area contributed by atoms with Crippen molar-refractivity contribution in [2.24, 2.45) is 0 Å². The molecule has 0 saturated carbocycles. The number of rotatable bonds is 6. The molecule has 0 heterocycles. The van der Waals surface area contributed by atoms with Crippen molar-refractivity contribution >= 4 is 0 Å². The fraction of sp³-hybridized carbons (Fsp3) is 0.500. The molecule has 1 aromatic carbocycles. The fourth-order valence-corrected chi connectivity index (χ4v) is 1.34. The lowest BCUT2D eigenvalue weighted by Crippen LogP contribution is -2.19. The minimum absolute atomic E-state index is 0.383. The zero-order chi connectivity index (χ0) is 13.6. The van der Waals surface area contributed by atoms with Crippen LogP contribution in [-0.4, -0.2) is 19.3 Å². The lowest BCUT2D eigenvalue weighted by molar-refractivity contribution is -0.153. The Morgan fingerprint density at radius 1 is 1.28 bits per heavy atom. The molecule has 1 rings (SSSR count). The van der Waals surface area contributed by atoms with Gasteiger partial charge in [-0.3, -0.25) is 0 Å². The third-order valence-corrected chi connectivity index (χ3v) is 2.14. The van der Waals surface area contributed by atoms with Crippen molar-refractivity contribution in [2.45, 2.75) is 26.1 Å². The van der Waals surface area contributed by atoms with Crippen LogP contribution in [0.5, 0.6) is 5.75 Å². The number of hydrogen-bond acceptors (Lipinski definition) is 2. The molecule has 0 aliphatic carbocycles.